The van der Waals surface area contributed by atoms with E-state index < -0.39 is 0 Å². The van der Waals surface area contributed by atoms with Gasteiger partial charge in [0.15, 0.2) is 11.5 Å². The first-order valence-corrected chi connectivity index (χ1v) is 4.03. The van der Waals surface area contributed by atoms with Gasteiger partial charge in [-0.2, -0.15) is 0 Å². The first-order valence-electron chi connectivity index (χ1n) is 3.15. The summed E-state index contributed by atoms with van der Waals surface area (Å²) in [5.74, 6) is 1.54. The van der Waals surface area contributed by atoms with Crippen molar-refractivity contribution in [2.45, 2.75) is 0 Å². The van der Waals surface area contributed by atoms with E-state index in [1.54, 1.807) is 31.6 Å². The van der Waals surface area contributed by atoms with Gasteiger partial charge >= 0.3 is 0 Å². The second kappa shape index (κ2) is 3.44. The van der Waals surface area contributed by atoms with Crippen molar-refractivity contribution in [1.29, 1.82) is 0 Å². The van der Waals surface area contributed by atoms with Crippen LogP contribution >= 0.6 is 11.3 Å². The fraction of sp³-hybridized carbons (Fsp3) is 0.250. The zero-order valence-electron chi connectivity index (χ0n) is 6.59. The Hall–Kier alpha value is -0.960. The zero-order chi connectivity index (χ0) is 8.27. The number of methoxy groups -OCH3 is 2. The van der Waals surface area contributed by atoms with Crippen LogP contribution in [0.3, 0.4) is 0 Å². The highest BCUT2D eigenvalue weighted by atomic mass is 32.1. The second-order valence-electron chi connectivity index (χ2n) is 1.91. The van der Waals surface area contributed by atoms with Gasteiger partial charge in [0.05, 0.1) is 19.1 Å². The van der Waals surface area contributed by atoms with Crippen LogP contribution in [0, 0.1) is 0 Å². The average molecular weight is 170 g/mol. The van der Waals surface area contributed by atoms with E-state index >= 15 is 0 Å². The van der Waals surface area contributed by atoms with Gasteiger partial charge in [-0.25, -0.2) is 0 Å². The van der Waals surface area contributed by atoms with Crippen LogP contribution in [0.5, 0.6) is 11.5 Å². The van der Waals surface area contributed by atoms with Crippen molar-refractivity contribution < 1.29 is 9.47 Å². The van der Waals surface area contributed by atoms with Gasteiger partial charge in [0.1, 0.15) is 0 Å². The fourth-order valence-electron chi connectivity index (χ4n) is 0.828. The van der Waals surface area contributed by atoms with Gasteiger partial charge in [-0.3, -0.25) is 0 Å². The van der Waals surface area contributed by atoms with E-state index in [0.717, 1.165) is 16.4 Å². The van der Waals surface area contributed by atoms with Crippen molar-refractivity contribution in [3.63, 3.8) is 0 Å². The molecule has 1 aromatic heterocycles. The number of hydrogen-bond donors (Lipinski definition) is 0. The van der Waals surface area contributed by atoms with E-state index in [1.807, 2.05) is 5.38 Å². The van der Waals surface area contributed by atoms with Gasteiger partial charge in [-0.05, 0) is 6.08 Å². The largest absolute Gasteiger partial charge is 0.492 e. The number of thiophene rings is 1. The number of rotatable bonds is 3. The Morgan fingerprint density at radius 1 is 1.45 bits per heavy atom. The molecule has 1 heterocycles. The minimum Gasteiger partial charge on any atom is -0.492 e. The van der Waals surface area contributed by atoms with Gasteiger partial charge in [0.2, 0.25) is 0 Å². The average Bonchev–Trinajstić information content (AvgIpc) is 2.45. The maximum atomic E-state index is 5.11. The van der Waals surface area contributed by atoms with Gasteiger partial charge < -0.3 is 9.47 Å². The topological polar surface area (TPSA) is 18.5 Å². The molecule has 0 aliphatic carbocycles. The summed E-state index contributed by atoms with van der Waals surface area (Å²) in [6.45, 7) is 3.66. The highest BCUT2D eigenvalue weighted by molar-refractivity contribution is 7.11. The number of hydrogen-bond acceptors (Lipinski definition) is 3. The van der Waals surface area contributed by atoms with Crippen molar-refractivity contribution in [3.8, 4) is 11.5 Å². The molecule has 0 saturated heterocycles. The Morgan fingerprint density at radius 3 is 2.64 bits per heavy atom. The first kappa shape index (κ1) is 8.14. The molecule has 0 bridgehead atoms. The van der Waals surface area contributed by atoms with Crippen LogP contribution in [0.15, 0.2) is 12.0 Å². The molecule has 0 N–H and O–H groups in total. The summed E-state index contributed by atoms with van der Waals surface area (Å²) in [6, 6.07) is 0. The lowest BCUT2D eigenvalue weighted by Gasteiger charge is -2.01. The molecule has 0 aromatic carbocycles. The predicted molar refractivity (Wildman–Crippen MR) is 47.5 cm³/mol. The summed E-state index contributed by atoms with van der Waals surface area (Å²) >= 11 is 1.56. The van der Waals surface area contributed by atoms with Crippen molar-refractivity contribution in [2.24, 2.45) is 0 Å². The third-order valence-electron chi connectivity index (χ3n) is 1.35. The van der Waals surface area contributed by atoms with Gasteiger partial charge in [-0.15, -0.1) is 11.3 Å². The van der Waals surface area contributed by atoms with Crippen LogP contribution in [0.1, 0.15) is 4.88 Å². The van der Waals surface area contributed by atoms with E-state index in [4.69, 9.17) is 9.47 Å². The maximum Gasteiger partial charge on any atom is 0.178 e. The molecule has 3 heteroatoms. The van der Waals surface area contributed by atoms with Crippen LogP contribution in [-0.4, -0.2) is 14.2 Å². The van der Waals surface area contributed by atoms with E-state index in [2.05, 4.69) is 6.58 Å². The molecule has 0 saturated carbocycles. The van der Waals surface area contributed by atoms with Crippen LogP contribution in [0.4, 0.5) is 0 Å². The minimum atomic E-state index is 0.771. The van der Waals surface area contributed by atoms with Crippen molar-refractivity contribution in [3.05, 3.63) is 16.8 Å². The molecule has 0 fully saturated rings. The highest BCUT2D eigenvalue weighted by Gasteiger charge is 2.08. The predicted octanol–water partition coefficient (Wildman–Crippen LogP) is 2.41. The summed E-state index contributed by atoms with van der Waals surface area (Å²) < 4.78 is 10.2. The molecule has 1 aromatic rings. The molecule has 0 radical (unpaired) electrons. The van der Waals surface area contributed by atoms with Gasteiger partial charge in [0.25, 0.3) is 0 Å². The lowest BCUT2D eigenvalue weighted by atomic mass is 10.4. The number of ether oxygens (including phenoxy) is 2. The monoisotopic (exact) mass is 170 g/mol. The summed E-state index contributed by atoms with van der Waals surface area (Å²) in [6.07, 6.45) is 1.76. The molecule has 2 nitrogen and oxygen atoms in total. The SMILES string of the molecule is C=Cc1scc(OC)c1OC. The molecular weight excluding hydrogens is 160 g/mol. The standard InChI is InChI=1S/C8H10O2S/c1-4-7-8(10-3)6(9-2)5-11-7/h4-5H,1H2,2-3H3. The van der Waals surface area contributed by atoms with Crippen molar-refractivity contribution in [2.75, 3.05) is 14.2 Å². The third-order valence-corrected chi connectivity index (χ3v) is 2.29. The lowest BCUT2D eigenvalue weighted by molar-refractivity contribution is 0.357. The van der Waals surface area contributed by atoms with Gasteiger partial charge in [-0.1, -0.05) is 6.58 Å². The summed E-state index contributed by atoms with van der Waals surface area (Å²) in [7, 11) is 3.25. The van der Waals surface area contributed by atoms with Crippen LogP contribution in [0.2, 0.25) is 0 Å². The Balaban J connectivity index is 3.08. The van der Waals surface area contributed by atoms with Crippen molar-refractivity contribution >= 4 is 17.4 Å². The second-order valence-corrected chi connectivity index (χ2v) is 2.82. The molecule has 0 atom stereocenters. The van der Waals surface area contributed by atoms with E-state index in [9.17, 15) is 0 Å². The molecule has 0 aliphatic rings. The van der Waals surface area contributed by atoms with E-state index in [-0.39, 0.29) is 0 Å². The Bertz CT molecular complexity index is 253. The summed E-state index contributed by atoms with van der Waals surface area (Å²) in [5, 5.41) is 1.90. The Kier molecular flexibility index (Phi) is 2.54. The maximum absolute atomic E-state index is 5.11. The molecule has 1 rings (SSSR count). The molecule has 0 amide bonds. The van der Waals surface area contributed by atoms with Gasteiger partial charge in [0, 0.05) is 5.38 Å². The first-order chi connectivity index (χ1) is 5.33. The highest BCUT2D eigenvalue weighted by Crippen LogP contribution is 2.37. The molecule has 60 valence electrons. The molecule has 0 unspecified atom stereocenters. The molecular formula is C8H10O2S. The Morgan fingerprint density at radius 2 is 2.18 bits per heavy atom. The molecule has 0 aliphatic heterocycles. The van der Waals surface area contributed by atoms with Crippen LogP contribution in [0.25, 0.3) is 6.08 Å². The smallest absolute Gasteiger partial charge is 0.178 e. The normalized spacial score (nSPS) is 9.27. The van der Waals surface area contributed by atoms with Crippen LogP contribution in [-0.2, 0) is 0 Å². The third kappa shape index (κ3) is 1.38. The van der Waals surface area contributed by atoms with E-state index in [0.29, 0.717) is 0 Å². The minimum absolute atomic E-state index is 0.771. The van der Waals surface area contributed by atoms with Crippen molar-refractivity contribution in [1.82, 2.24) is 0 Å². The zero-order valence-corrected chi connectivity index (χ0v) is 7.40. The Labute approximate surface area is 70.1 Å². The van der Waals surface area contributed by atoms with Crippen LogP contribution < -0.4 is 9.47 Å². The summed E-state index contributed by atoms with van der Waals surface area (Å²) in [4.78, 5) is 1.00. The molecule has 11 heavy (non-hydrogen) atoms. The quantitative estimate of drug-likeness (QED) is 0.693. The molecule has 0 spiro atoms. The summed E-state index contributed by atoms with van der Waals surface area (Å²) in [5.41, 5.74) is 0. The van der Waals surface area contributed by atoms with E-state index in [1.165, 1.54) is 0 Å². The lowest BCUT2D eigenvalue weighted by Crippen LogP contribution is -1.86. The fourth-order valence-corrected chi connectivity index (χ4v) is 1.65.